The van der Waals surface area contributed by atoms with Crippen LogP contribution in [-0.2, 0) is 0 Å². The van der Waals surface area contributed by atoms with Gasteiger partial charge >= 0.3 is 0 Å². The molecule has 3 rings (SSSR count). The Morgan fingerprint density at radius 3 is 2.52 bits per heavy atom. The molecule has 2 aromatic carbocycles. The molecule has 0 fully saturated rings. The number of fused-ring (bicyclic) bond motifs is 1. The third-order valence-corrected chi connectivity index (χ3v) is 3.35. The van der Waals surface area contributed by atoms with Crippen molar-refractivity contribution in [2.75, 3.05) is 5.43 Å². The predicted molar refractivity (Wildman–Crippen MR) is 88.6 cm³/mol. The fourth-order valence-corrected chi connectivity index (χ4v) is 2.23. The molecule has 21 heavy (non-hydrogen) atoms. The van der Waals surface area contributed by atoms with Gasteiger partial charge in [0.2, 0.25) is 0 Å². The van der Waals surface area contributed by atoms with Gasteiger partial charge in [0, 0.05) is 5.39 Å². The van der Waals surface area contributed by atoms with Gasteiger partial charge in [0.15, 0.2) is 0 Å². The van der Waals surface area contributed by atoms with Gasteiger partial charge in [-0.15, -0.1) is 0 Å². The molecule has 3 aromatic rings. The molecule has 0 amide bonds. The molecule has 1 heterocycles. The van der Waals surface area contributed by atoms with Crippen LogP contribution in [0.15, 0.2) is 71.8 Å². The van der Waals surface area contributed by atoms with E-state index in [-0.39, 0.29) is 0 Å². The van der Waals surface area contributed by atoms with Gasteiger partial charge in [-0.05, 0) is 30.2 Å². The van der Waals surface area contributed by atoms with Crippen LogP contribution in [0.3, 0.4) is 0 Å². The molecule has 0 aliphatic heterocycles. The molecule has 0 unspecified atom stereocenters. The molecular formula is C18H17N3. The lowest BCUT2D eigenvalue weighted by Crippen LogP contribution is -2.03. The van der Waals surface area contributed by atoms with Crippen LogP contribution < -0.4 is 5.43 Å². The highest BCUT2D eigenvalue weighted by Gasteiger charge is 2.01. The summed E-state index contributed by atoms with van der Waals surface area (Å²) in [7, 11) is 0. The Kier molecular flexibility index (Phi) is 3.92. The monoisotopic (exact) mass is 275 g/mol. The molecule has 0 bridgehead atoms. The zero-order valence-electron chi connectivity index (χ0n) is 12.0. The summed E-state index contributed by atoms with van der Waals surface area (Å²) in [5.41, 5.74) is 6.18. The minimum Gasteiger partial charge on any atom is -0.261 e. The summed E-state index contributed by atoms with van der Waals surface area (Å²) >= 11 is 0. The van der Waals surface area contributed by atoms with Crippen LogP contribution in [-0.4, -0.2) is 10.7 Å². The van der Waals surface area contributed by atoms with Crippen molar-refractivity contribution < 1.29 is 0 Å². The van der Waals surface area contributed by atoms with Crippen molar-refractivity contribution in [1.29, 1.82) is 0 Å². The Balaban J connectivity index is 1.85. The molecule has 104 valence electrons. The Morgan fingerprint density at radius 2 is 1.71 bits per heavy atom. The highest BCUT2D eigenvalue weighted by molar-refractivity contribution is 6.00. The van der Waals surface area contributed by atoms with Crippen LogP contribution >= 0.6 is 0 Å². The van der Waals surface area contributed by atoms with Crippen molar-refractivity contribution in [1.82, 2.24) is 4.98 Å². The van der Waals surface area contributed by atoms with Crippen LogP contribution in [0.1, 0.15) is 18.9 Å². The maximum absolute atomic E-state index is 4.56. The first-order valence-corrected chi connectivity index (χ1v) is 7.10. The molecule has 1 N–H and O–H groups in total. The van der Waals surface area contributed by atoms with E-state index in [1.54, 1.807) is 0 Å². The standard InChI is InChI=1S/C18H17N3/c1-2-16(14-8-4-3-5-9-14)20-21-18-13-12-15-10-6-7-11-17(15)19-18/h3-13H,2H2,1H3,(H,19,21)/b20-16+. The summed E-state index contributed by atoms with van der Waals surface area (Å²) in [6.07, 6.45) is 0.866. The minimum atomic E-state index is 0.760. The summed E-state index contributed by atoms with van der Waals surface area (Å²) in [4.78, 5) is 4.56. The van der Waals surface area contributed by atoms with Crippen molar-refractivity contribution in [3.63, 3.8) is 0 Å². The average molecular weight is 275 g/mol. The summed E-state index contributed by atoms with van der Waals surface area (Å²) < 4.78 is 0. The first-order chi connectivity index (χ1) is 10.4. The molecule has 0 aliphatic carbocycles. The van der Waals surface area contributed by atoms with Gasteiger partial charge in [-0.1, -0.05) is 55.5 Å². The predicted octanol–water partition coefficient (Wildman–Crippen LogP) is 4.46. The van der Waals surface area contributed by atoms with Gasteiger partial charge in [0.25, 0.3) is 0 Å². The number of hydrogen-bond donors (Lipinski definition) is 1. The maximum atomic E-state index is 4.56. The number of hydrogen-bond acceptors (Lipinski definition) is 3. The Morgan fingerprint density at radius 1 is 0.952 bits per heavy atom. The second kappa shape index (κ2) is 6.18. The molecule has 1 aromatic heterocycles. The number of nitrogens with zero attached hydrogens (tertiary/aromatic N) is 2. The number of nitrogens with one attached hydrogen (secondary N) is 1. The van der Waals surface area contributed by atoms with E-state index in [0.717, 1.165) is 34.4 Å². The van der Waals surface area contributed by atoms with Gasteiger partial charge in [-0.25, -0.2) is 4.98 Å². The van der Waals surface area contributed by atoms with Crippen LogP contribution in [0, 0.1) is 0 Å². The summed E-state index contributed by atoms with van der Waals surface area (Å²) in [5.74, 6) is 0.760. The van der Waals surface area contributed by atoms with E-state index in [0.29, 0.717) is 0 Å². The number of aromatic nitrogens is 1. The maximum Gasteiger partial charge on any atom is 0.146 e. The van der Waals surface area contributed by atoms with E-state index in [1.165, 1.54) is 0 Å². The van der Waals surface area contributed by atoms with Gasteiger partial charge in [0.05, 0.1) is 11.2 Å². The Labute approximate surface area is 124 Å². The number of para-hydroxylation sites is 1. The smallest absolute Gasteiger partial charge is 0.146 e. The van der Waals surface area contributed by atoms with E-state index in [2.05, 4.69) is 40.6 Å². The highest BCUT2D eigenvalue weighted by Crippen LogP contribution is 2.15. The van der Waals surface area contributed by atoms with Gasteiger partial charge in [-0.3, -0.25) is 5.43 Å². The molecule has 3 nitrogen and oxygen atoms in total. The average Bonchev–Trinajstić information content (AvgIpc) is 2.56. The normalized spacial score (nSPS) is 11.6. The van der Waals surface area contributed by atoms with Crippen LogP contribution in [0.5, 0.6) is 0 Å². The van der Waals surface area contributed by atoms with Crippen LogP contribution in [0.25, 0.3) is 10.9 Å². The van der Waals surface area contributed by atoms with Crippen molar-refractivity contribution >= 4 is 22.4 Å². The third kappa shape index (κ3) is 3.08. The van der Waals surface area contributed by atoms with Gasteiger partial charge in [-0.2, -0.15) is 5.10 Å². The highest BCUT2D eigenvalue weighted by atomic mass is 15.3. The fourth-order valence-electron chi connectivity index (χ4n) is 2.23. The van der Waals surface area contributed by atoms with Crippen molar-refractivity contribution in [2.24, 2.45) is 5.10 Å². The van der Waals surface area contributed by atoms with E-state index in [9.17, 15) is 0 Å². The zero-order chi connectivity index (χ0) is 14.5. The summed E-state index contributed by atoms with van der Waals surface area (Å²) in [6, 6.07) is 22.2. The van der Waals surface area contributed by atoms with E-state index >= 15 is 0 Å². The van der Waals surface area contributed by atoms with Crippen molar-refractivity contribution in [3.8, 4) is 0 Å². The van der Waals surface area contributed by atoms with Gasteiger partial charge in [0.1, 0.15) is 5.82 Å². The molecule has 0 saturated heterocycles. The van der Waals surface area contributed by atoms with Crippen molar-refractivity contribution in [3.05, 3.63) is 72.3 Å². The number of hydrazone groups is 1. The summed E-state index contributed by atoms with van der Waals surface area (Å²) in [6.45, 7) is 2.10. The molecule has 0 radical (unpaired) electrons. The Hall–Kier alpha value is -2.68. The van der Waals surface area contributed by atoms with Crippen molar-refractivity contribution in [2.45, 2.75) is 13.3 Å². The lowest BCUT2D eigenvalue weighted by molar-refractivity contribution is 1.20. The number of benzene rings is 2. The summed E-state index contributed by atoms with van der Waals surface area (Å²) in [5, 5.41) is 5.62. The number of rotatable bonds is 4. The zero-order valence-corrected chi connectivity index (χ0v) is 12.0. The lowest BCUT2D eigenvalue weighted by Gasteiger charge is -2.06. The minimum absolute atomic E-state index is 0.760. The second-order valence-corrected chi connectivity index (χ2v) is 4.78. The molecule has 0 atom stereocenters. The molecule has 0 saturated carbocycles. The van der Waals surface area contributed by atoms with Crippen LogP contribution in [0.2, 0.25) is 0 Å². The topological polar surface area (TPSA) is 37.3 Å². The molecule has 3 heteroatoms. The largest absolute Gasteiger partial charge is 0.261 e. The quantitative estimate of drug-likeness (QED) is 0.564. The lowest BCUT2D eigenvalue weighted by atomic mass is 10.1. The van der Waals surface area contributed by atoms with E-state index in [1.807, 2.05) is 48.5 Å². The molecular weight excluding hydrogens is 258 g/mol. The number of anilines is 1. The molecule has 0 aliphatic rings. The first-order valence-electron chi connectivity index (χ1n) is 7.10. The van der Waals surface area contributed by atoms with E-state index < -0.39 is 0 Å². The second-order valence-electron chi connectivity index (χ2n) is 4.78. The SMILES string of the molecule is CC/C(=N\Nc1ccc2ccccc2n1)c1ccccc1. The Bertz CT molecular complexity index is 764. The third-order valence-electron chi connectivity index (χ3n) is 3.35. The number of pyridine rings is 1. The molecule has 0 spiro atoms. The van der Waals surface area contributed by atoms with Crippen LogP contribution in [0.4, 0.5) is 5.82 Å². The fraction of sp³-hybridized carbons (Fsp3) is 0.111. The van der Waals surface area contributed by atoms with Gasteiger partial charge < -0.3 is 0 Å². The van der Waals surface area contributed by atoms with E-state index in [4.69, 9.17) is 0 Å². The first kappa shape index (κ1) is 13.3.